The highest BCUT2D eigenvalue weighted by atomic mass is 16.7. The fourth-order valence-electron chi connectivity index (χ4n) is 3.74. The van der Waals surface area contributed by atoms with Crippen LogP contribution in [0.25, 0.3) is 0 Å². The molecule has 1 atom stereocenters. The van der Waals surface area contributed by atoms with Gasteiger partial charge in [0.15, 0.2) is 12.4 Å². The van der Waals surface area contributed by atoms with Gasteiger partial charge >= 0.3 is 0 Å². The summed E-state index contributed by atoms with van der Waals surface area (Å²) in [5.41, 5.74) is 0.360. The van der Waals surface area contributed by atoms with Gasteiger partial charge in [0, 0.05) is 18.8 Å². The summed E-state index contributed by atoms with van der Waals surface area (Å²) in [5.74, 6) is 1.15. The van der Waals surface area contributed by atoms with Crippen LogP contribution in [0.3, 0.4) is 0 Å². The molecule has 1 unspecified atom stereocenters. The number of ether oxygens (including phenoxy) is 2. The Balaban J connectivity index is 1.54. The molecule has 3 aromatic rings. The first-order chi connectivity index (χ1) is 13.7. The highest BCUT2D eigenvalue weighted by molar-refractivity contribution is 5.38. The van der Waals surface area contributed by atoms with E-state index in [1.54, 1.807) is 30.8 Å². The van der Waals surface area contributed by atoms with Gasteiger partial charge in [0.1, 0.15) is 11.5 Å². The number of hydrogen-bond donors (Lipinski definition) is 1. The largest absolute Gasteiger partial charge is 0.468 e. The molecule has 2 aromatic heterocycles. The van der Waals surface area contributed by atoms with Crippen molar-refractivity contribution in [2.45, 2.75) is 43.8 Å². The molecule has 0 amide bonds. The van der Waals surface area contributed by atoms with E-state index in [-0.39, 0.29) is 6.79 Å². The van der Waals surface area contributed by atoms with Crippen molar-refractivity contribution in [1.82, 2.24) is 4.98 Å². The molecule has 1 aromatic carbocycles. The Morgan fingerprint density at radius 3 is 2.64 bits per heavy atom. The Bertz CT molecular complexity index is 859. The molecular formula is C23H25NO4. The molecule has 5 nitrogen and oxygen atoms in total. The average molecular weight is 379 g/mol. The monoisotopic (exact) mass is 379 g/mol. The second kappa shape index (κ2) is 8.59. The summed E-state index contributed by atoms with van der Waals surface area (Å²) >= 11 is 0. The van der Waals surface area contributed by atoms with Crippen LogP contribution < -0.4 is 4.74 Å². The van der Waals surface area contributed by atoms with Crippen LogP contribution in [0.2, 0.25) is 0 Å². The third-order valence-corrected chi connectivity index (χ3v) is 5.28. The van der Waals surface area contributed by atoms with Gasteiger partial charge in [-0.25, -0.2) is 0 Å². The second-order valence-electron chi connectivity index (χ2n) is 7.23. The Kier molecular flexibility index (Phi) is 5.74. The minimum absolute atomic E-state index is 0.220. The first-order valence-corrected chi connectivity index (χ1v) is 9.74. The van der Waals surface area contributed by atoms with Crippen molar-refractivity contribution >= 4 is 0 Å². The Hall–Kier alpha value is -2.63. The summed E-state index contributed by atoms with van der Waals surface area (Å²) in [6.07, 6.45) is 10.3. The lowest BCUT2D eigenvalue weighted by Crippen LogP contribution is -2.29. The Labute approximate surface area is 164 Å². The summed E-state index contributed by atoms with van der Waals surface area (Å²) in [6, 6.07) is 14.8. The summed E-state index contributed by atoms with van der Waals surface area (Å²) in [4.78, 5) is 4.05. The zero-order valence-electron chi connectivity index (χ0n) is 15.8. The van der Waals surface area contributed by atoms with E-state index < -0.39 is 5.60 Å². The van der Waals surface area contributed by atoms with Gasteiger partial charge in [-0.1, -0.05) is 25.0 Å². The van der Waals surface area contributed by atoms with Crippen LogP contribution in [0.4, 0.5) is 0 Å². The molecule has 4 rings (SSSR count). The molecule has 2 heterocycles. The third-order valence-electron chi connectivity index (χ3n) is 5.28. The van der Waals surface area contributed by atoms with E-state index in [0.717, 1.165) is 18.4 Å². The second-order valence-corrected chi connectivity index (χ2v) is 7.23. The minimum atomic E-state index is -1.31. The third kappa shape index (κ3) is 4.26. The van der Waals surface area contributed by atoms with Gasteiger partial charge in [-0.15, -0.1) is 0 Å². The number of rotatable bonds is 8. The molecule has 0 aliphatic heterocycles. The lowest BCUT2D eigenvalue weighted by Gasteiger charge is -2.27. The molecule has 0 saturated heterocycles. The van der Waals surface area contributed by atoms with Crippen molar-refractivity contribution in [3.63, 3.8) is 0 Å². The predicted molar refractivity (Wildman–Crippen MR) is 105 cm³/mol. The summed E-state index contributed by atoms with van der Waals surface area (Å²) < 4.78 is 17.2. The fraction of sp³-hybridized carbons (Fsp3) is 0.348. The first-order valence-electron chi connectivity index (χ1n) is 9.74. The van der Waals surface area contributed by atoms with Gasteiger partial charge in [-0.05, 0) is 60.4 Å². The first kappa shape index (κ1) is 18.7. The number of aliphatic hydroxyl groups is 1. The smallest absolute Gasteiger partial charge is 0.189 e. The highest BCUT2D eigenvalue weighted by Gasteiger charge is 2.35. The quantitative estimate of drug-likeness (QED) is 0.586. The maximum absolute atomic E-state index is 11.6. The Morgan fingerprint density at radius 2 is 1.89 bits per heavy atom. The number of nitrogens with zero attached hydrogens (tertiary/aromatic N) is 1. The van der Waals surface area contributed by atoms with Crippen LogP contribution in [0.1, 0.15) is 42.6 Å². The van der Waals surface area contributed by atoms with Crippen LogP contribution in [0.5, 0.6) is 5.75 Å². The molecule has 0 bridgehead atoms. The highest BCUT2D eigenvalue weighted by Crippen LogP contribution is 2.35. The lowest BCUT2D eigenvalue weighted by molar-refractivity contribution is -0.0327. The molecule has 0 radical (unpaired) electrons. The molecule has 5 heteroatoms. The zero-order chi connectivity index (χ0) is 19.2. The molecule has 1 saturated carbocycles. The van der Waals surface area contributed by atoms with Gasteiger partial charge in [0.05, 0.1) is 12.4 Å². The topological polar surface area (TPSA) is 64.7 Å². The van der Waals surface area contributed by atoms with Crippen molar-refractivity contribution in [3.8, 4) is 5.75 Å². The van der Waals surface area contributed by atoms with Crippen LogP contribution in [-0.4, -0.2) is 23.0 Å². The number of benzene rings is 1. The SMILES string of the molecule is OC(Cc1ccncc1)(c1cccc(OCOC2CCCC2)c1)c1ccco1. The van der Waals surface area contributed by atoms with Crippen LogP contribution in [0.15, 0.2) is 71.6 Å². The van der Waals surface area contributed by atoms with Crippen molar-refractivity contribution < 1.29 is 19.0 Å². The minimum Gasteiger partial charge on any atom is -0.468 e. The number of aromatic nitrogens is 1. The van der Waals surface area contributed by atoms with E-state index in [4.69, 9.17) is 13.9 Å². The maximum atomic E-state index is 11.6. The summed E-state index contributed by atoms with van der Waals surface area (Å²) in [7, 11) is 0. The lowest BCUT2D eigenvalue weighted by atomic mass is 9.85. The van der Waals surface area contributed by atoms with E-state index in [1.165, 1.54) is 12.8 Å². The molecule has 28 heavy (non-hydrogen) atoms. The van der Waals surface area contributed by atoms with Crippen LogP contribution >= 0.6 is 0 Å². The van der Waals surface area contributed by atoms with Gasteiger partial charge in [0.2, 0.25) is 0 Å². The van der Waals surface area contributed by atoms with Crippen molar-refractivity contribution in [2.75, 3.05) is 6.79 Å². The number of hydrogen-bond acceptors (Lipinski definition) is 5. The zero-order valence-corrected chi connectivity index (χ0v) is 15.8. The van der Waals surface area contributed by atoms with E-state index in [2.05, 4.69) is 4.98 Å². The number of pyridine rings is 1. The van der Waals surface area contributed by atoms with E-state index in [1.807, 2.05) is 36.4 Å². The molecule has 1 aliphatic rings. The van der Waals surface area contributed by atoms with Crippen LogP contribution in [0, 0.1) is 0 Å². The summed E-state index contributed by atoms with van der Waals surface area (Å²) in [6.45, 7) is 0.220. The fourth-order valence-corrected chi connectivity index (χ4v) is 3.74. The van der Waals surface area contributed by atoms with Gasteiger partial charge in [-0.2, -0.15) is 0 Å². The number of furan rings is 1. The molecule has 1 N–H and O–H groups in total. The Morgan fingerprint density at radius 1 is 1.07 bits per heavy atom. The molecule has 1 aliphatic carbocycles. The molecule has 146 valence electrons. The van der Waals surface area contributed by atoms with Crippen molar-refractivity contribution in [3.05, 3.63) is 84.1 Å². The van der Waals surface area contributed by atoms with E-state index in [9.17, 15) is 5.11 Å². The van der Waals surface area contributed by atoms with E-state index in [0.29, 0.717) is 29.6 Å². The standard InChI is InChI=1S/C23H25NO4/c25-23(22-9-4-14-26-22,16-18-10-12-24-13-11-18)19-5-3-8-21(15-19)28-17-27-20-6-1-2-7-20/h3-5,8-15,20,25H,1-2,6-7,16-17H2. The van der Waals surface area contributed by atoms with Gasteiger partial charge in [0.25, 0.3) is 0 Å². The molecule has 0 spiro atoms. The predicted octanol–water partition coefficient (Wildman–Crippen LogP) is 4.45. The maximum Gasteiger partial charge on any atom is 0.189 e. The van der Waals surface area contributed by atoms with Crippen molar-refractivity contribution in [1.29, 1.82) is 0 Å². The summed E-state index contributed by atoms with van der Waals surface area (Å²) in [5, 5.41) is 11.6. The average Bonchev–Trinajstić information content (AvgIpc) is 3.43. The normalized spacial score (nSPS) is 16.8. The van der Waals surface area contributed by atoms with Crippen molar-refractivity contribution in [2.24, 2.45) is 0 Å². The molecular weight excluding hydrogens is 354 g/mol. The van der Waals surface area contributed by atoms with Gasteiger partial charge < -0.3 is 19.0 Å². The van der Waals surface area contributed by atoms with Gasteiger partial charge in [-0.3, -0.25) is 4.98 Å². The van der Waals surface area contributed by atoms with E-state index >= 15 is 0 Å². The van der Waals surface area contributed by atoms with Crippen LogP contribution in [-0.2, 0) is 16.8 Å². The molecule has 1 fully saturated rings.